The van der Waals surface area contributed by atoms with Crippen LogP contribution >= 0.6 is 0 Å². The van der Waals surface area contributed by atoms with Gasteiger partial charge in [0.15, 0.2) is 0 Å². The highest BCUT2D eigenvalue weighted by atomic mass is 16.3. The van der Waals surface area contributed by atoms with E-state index in [-0.39, 0.29) is 17.7 Å². The molecule has 1 amide bonds. The van der Waals surface area contributed by atoms with Gasteiger partial charge in [0.2, 0.25) is 5.95 Å². The molecule has 1 aromatic heterocycles. The molecule has 7 heteroatoms. The van der Waals surface area contributed by atoms with Gasteiger partial charge in [0.25, 0.3) is 5.91 Å². The first-order chi connectivity index (χ1) is 11.0. The third-order valence-electron chi connectivity index (χ3n) is 4.36. The Morgan fingerprint density at radius 1 is 1.48 bits per heavy atom. The number of carbonyl (C=O) groups is 1. The summed E-state index contributed by atoms with van der Waals surface area (Å²) >= 11 is 0. The Bertz CT molecular complexity index is 537. The summed E-state index contributed by atoms with van der Waals surface area (Å²) in [6.07, 6.45) is 5.74. The molecule has 1 heterocycles. The summed E-state index contributed by atoms with van der Waals surface area (Å²) in [5.41, 5.74) is 5.69. The summed E-state index contributed by atoms with van der Waals surface area (Å²) < 4.78 is 0. The molecule has 0 spiro atoms. The van der Waals surface area contributed by atoms with Crippen LogP contribution in [0.15, 0.2) is 6.20 Å². The van der Waals surface area contributed by atoms with Gasteiger partial charge in [0.1, 0.15) is 5.82 Å². The van der Waals surface area contributed by atoms with E-state index in [1.165, 1.54) is 6.20 Å². The minimum atomic E-state index is -0.558. The Kier molecular flexibility index (Phi) is 6.15. The molecule has 1 fully saturated rings. The van der Waals surface area contributed by atoms with Gasteiger partial charge < -0.3 is 21.5 Å². The average Bonchev–Trinajstić information content (AvgIpc) is 2.51. The van der Waals surface area contributed by atoms with Crippen molar-refractivity contribution in [1.29, 1.82) is 0 Å². The average molecular weight is 321 g/mol. The van der Waals surface area contributed by atoms with Gasteiger partial charge in [0, 0.05) is 18.8 Å². The summed E-state index contributed by atoms with van der Waals surface area (Å²) in [5.74, 6) is 0.673. The lowest BCUT2D eigenvalue weighted by Crippen LogP contribution is -2.35. The number of nitrogens with one attached hydrogen (secondary N) is 2. The number of anilines is 2. The molecule has 0 saturated heterocycles. The first-order valence-corrected chi connectivity index (χ1v) is 8.36. The Morgan fingerprint density at radius 2 is 2.26 bits per heavy atom. The predicted octanol–water partition coefficient (Wildman–Crippen LogP) is 1.75. The molecule has 23 heavy (non-hydrogen) atoms. The number of hydrogen-bond donors (Lipinski definition) is 4. The van der Waals surface area contributed by atoms with Crippen LogP contribution in [-0.2, 0) is 0 Å². The SMILES string of the molecule is CCCCNc1ncc(C(N)=O)c(N[C@@H]2CC[C@@H](C)[C@H](O)C2)n1. The van der Waals surface area contributed by atoms with Crippen molar-refractivity contribution >= 4 is 17.7 Å². The number of aromatic nitrogens is 2. The van der Waals surface area contributed by atoms with Crippen LogP contribution in [0.5, 0.6) is 0 Å². The molecule has 0 bridgehead atoms. The first-order valence-electron chi connectivity index (χ1n) is 8.36. The molecule has 3 atom stereocenters. The zero-order valence-corrected chi connectivity index (χ0v) is 13.9. The standard InChI is InChI=1S/C16H27N5O2/c1-3-4-7-18-16-19-9-12(14(17)23)15(21-16)20-11-6-5-10(2)13(22)8-11/h9-11,13,22H,3-8H2,1-2H3,(H2,17,23)(H2,18,19,20,21)/t10-,11-,13-/m1/s1. The molecule has 2 rings (SSSR count). The zero-order valence-electron chi connectivity index (χ0n) is 13.9. The fourth-order valence-corrected chi connectivity index (χ4v) is 2.76. The van der Waals surface area contributed by atoms with Crippen LogP contribution in [0.4, 0.5) is 11.8 Å². The van der Waals surface area contributed by atoms with Gasteiger partial charge in [-0.25, -0.2) is 4.98 Å². The largest absolute Gasteiger partial charge is 0.393 e. The number of unbranched alkanes of at least 4 members (excludes halogenated alkanes) is 1. The van der Waals surface area contributed by atoms with E-state index in [0.29, 0.717) is 24.1 Å². The Labute approximate surface area is 137 Å². The summed E-state index contributed by atoms with van der Waals surface area (Å²) in [6.45, 7) is 4.95. The maximum Gasteiger partial charge on any atom is 0.254 e. The number of hydrogen-bond acceptors (Lipinski definition) is 6. The third kappa shape index (κ3) is 4.79. The summed E-state index contributed by atoms with van der Waals surface area (Å²) in [4.78, 5) is 20.1. The Hall–Kier alpha value is -1.89. The highest BCUT2D eigenvalue weighted by Crippen LogP contribution is 2.27. The predicted molar refractivity (Wildman–Crippen MR) is 90.4 cm³/mol. The monoisotopic (exact) mass is 321 g/mol. The molecule has 5 N–H and O–H groups in total. The van der Waals surface area contributed by atoms with Crippen molar-refractivity contribution in [3.63, 3.8) is 0 Å². The van der Waals surface area contributed by atoms with Crippen LogP contribution in [0.3, 0.4) is 0 Å². The van der Waals surface area contributed by atoms with Crippen molar-refractivity contribution in [1.82, 2.24) is 9.97 Å². The Morgan fingerprint density at radius 3 is 2.91 bits per heavy atom. The van der Waals surface area contributed by atoms with E-state index in [4.69, 9.17) is 5.73 Å². The number of nitrogens with zero attached hydrogens (tertiary/aromatic N) is 2. The molecule has 1 saturated carbocycles. The van der Waals surface area contributed by atoms with Gasteiger partial charge in [-0.3, -0.25) is 4.79 Å². The van der Waals surface area contributed by atoms with Crippen molar-refractivity contribution in [2.24, 2.45) is 11.7 Å². The summed E-state index contributed by atoms with van der Waals surface area (Å²) in [5, 5.41) is 16.4. The minimum absolute atomic E-state index is 0.0812. The van der Waals surface area contributed by atoms with E-state index in [9.17, 15) is 9.90 Å². The normalized spacial score (nSPS) is 24.2. The molecule has 0 radical (unpaired) electrons. The highest BCUT2D eigenvalue weighted by Gasteiger charge is 2.27. The fraction of sp³-hybridized carbons (Fsp3) is 0.688. The topological polar surface area (TPSA) is 113 Å². The van der Waals surface area contributed by atoms with Crippen LogP contribution in [0.1, 0.15) is 56.3 Å². The van der Waals surface area contributed by atoms with Gasteiger partial charge in [-0.2, -0.15) is 4.98 Å². The van der Waals surface area contributed by atoms with Gasteiger partial charge in [-0.05, 0) is 31.6 Å². The lowest BCUT2D eigenvalue weighted by Gasteiger charge is -2.32. The molecule has 1 aliphatic rings. The number of rotatable bonds is 7. The van der Waals surface area contributed by atoms with Gasteiger partial charge in [0.05, 0.1) is 11.7 Å². The Balaban J connectivity index is 2.10. The molecular weight excluding hydrogens is 294 g/mol. The number of nitrogens with two attached hydrogens (primary N) is 1. The second-order valence-corrected chi connectivity index (χ2v) is 6.30. The van der Waals surface area contributed by atoms with Crippen LogP contribution in [-0.4, -0.2) is 39.7 Å². The number of amides is 1. The van der Waals surface area contributed by atoms with Crippen molar-refractivity contribution in [2.75, 3.05) is 17.2 Å². The number of aliphatic hydroxyl groups is 1. The second kappa shape index (κ2) is 8.10. The van der Waals surface area contributed by atoms with Crippen LogP contribution in [0.2, 0.25) is 0 Å². The second-order valence-electron chi connectivity index (χ2n) is 6.30. The van der Waals surface area contributed by atoms with E-state index < -0.39 is 5.91 Å². The maximum atomic E-state index is 11.6. The van der Waals surface area contributed by atoms with E-state index in [0.717, 1.165) is 32.2 Å². The first kappa shape index (κ1) is 17.5. The molecule has 1 aliphatic carbocycles. The van der Waals surface area contributed by atoms with Crippen molar-refractivity contribution in [2.45, 2.75) is 58.1 Å². The highest BCUT2D eigenvalue weighted by molar-refractivity contribution is 5.97. The summed E-state index contributed by atoms with van der Waals surface area (Å²) in [7, 11) is 0. The van der Waals surface area contributed by atoms with E-state index in [1.807, 2.05) is 0 Å². The van der Waals surface area contributed by atoms with E-state index >= 15 is 0 Å². The smallest absolute Gasteiger partial charge is 0.254 e. The number of aliphatic hydroxyl groups excluding tert-OH is 1. The third-order valence-corrected chi connectivity index (χ3v) is 4.36. The van der Waals surface area contributed by atoms with Gasteiger partial charge in [-0.15, -0.1) is 0 Å². The molecular formula is C16H27N5O2. The molecule has 128 valence electrons. The van der Waals surface area contributed by atoms with Crippen molar-refractivity contribution in [3.8, 4) is 0 Å². The number of primary amides is 1. The lowest BCUT2D eigenvalue weighted by atomic mass is 9.85. The number of carbonyl (C=O) groups excluding carboxylic acids is 1. The zero-order chi connectivity index (χ0) is 16.8. The van der Waals surface area contributed by atoms with E-state index in [2.05, 4.69) is 34.4 Å². The maximum absolute atomic E-state index is 11.6. The molecule has 0 aliphatic heterocycles. The molecule has 1 aromatic rings. The van der Waals surface area contributed by atoms with Crippen molar-refractivity contribution < 1.29 is 9.90 Å². The van der Waals surface area contributed by atoms with Crippen LogP contribution in [0, 0.1) is 5.92 Å². The molecule has 7 nitrogen and oxygen atoms in total. The van der Waals surface area contributed by atoms with Crippen molar-refractivity contribution in [3.05, 3.63) is 11.8 Å². The summed E-state index contributed by atoms with van der Waals surface area (Å²) in [6, 6.07) is 0.0812. The quantitative estimate of drug-likeness (QED) is 0.569. The lowest BCUT2D eigenvalue weighted by molar-refractivity contribution is 0.0739. The van der Waals surface area contributed by atoms with Crippen LogP contribution < -0.4 is 16.4 Å². The molecule has 0 aromatic carbocycles. The fourth-order valence-electron chi connectivity index (χ4n) is 2.76. The van der Waals surface area contributed by atoms with Gasteiger partial charge >= 0.3 is 0 Å². The van der Waals surface area contributed by atoms with E-state index in [1.54, 1.807) is 0 Å². The van der Waals surface area contributed by atoms with Crippen LogP contribution in [0.25, 0.3) is 0 Å². The van der Waals surface area contributed by atoms with Gasteiger partial charge in [-0.1, -0.05) is 20.3 Å². The minimum Gasteiger partial charge on any atom is -0.393 e. The molecule has 0 unspecified atom stereocenters.